The van der Waals surface area contributed by atoms with Gasteiger partial charge in [-0.15, -0.1) is 0 Å². The number of piperazine rings is 1. The summed E-state index contributed by atoms with van der Waals surface area (Å²) in [5.74, 6) is 0.977. The molecule has 2 aromatic carbocycles. The van der Waals surface area contributed by atoms with Crippen molar-refractivity contribution in [2.45, 2.75) is 0 Å². The fourth-order valence-corrected chi connectivity index (χ4v) is 2.98. The van der Waals surface area contributed by atoms with Crippen LogP contribution in [-0.4, -0.2) is 55.7 Å². The third kappa shape index (κ3) is 4.42. The molecule has 1 fully saturated rings. The first-order valence-corrected chi connectivity index (χ1v) is 8.35. The van der Waals surface area contributed by atoms with E-state index >= 15 is 0 Å². The van der Waals surface area contributed by atoms with Crippen molar-refractivity contribution in [2.24, 2.45) is 0 Å². The van der Waals surface area contributed by atoms with Gasteiger partial charge >= 0.3 is 0 Å². The summed E-state index contributed by atoms with van der Waals surface area (Å²) in [6, 6.07) is 14.7. The molecule has 1 aliphatic heterocycles. The molecule has 0 radical (unpaired) electrons. The molecule has 1 heterocycles. The van der Waals surface area contributed by atoms with E-state index in [4.69, 9.17) is 4.74 Å². The minimum absolute atomic E-state index is 0.0377. The number of carbonyl (C=O) groups excluding carboxylic acids is 1. The molecule has 0 spiro atoms. The van der Waals surface area contributed by atoms with Gasteiger partial charge in [0.05, 0.1) is 19.3 Å². The molecule has 3 rings (SSSR count). The van der Waals surface area contributed by atoms with Crippen molar-refractivity contribution in [2.75, 3.05) is 50.1 Å². The Morgan fingerprint density at radius 2 is 1.88 bits per heavy atom. The highest BCUT2D eigenvalue weighted by Gasteiger charge is 2.20. The van der Waals surface area contributed by atoms with Crippen LogP contribution in [0.25, 0.3) is 0 Å². The fraction of sp³-hybridized carbons (Fsp3) is 0.316. The quantitative estimate of drug-likeness (QED) is 0.872. The second-order valence-corrected chi connectivity index (χ2v) is 6.03. The van der Waals surface area contributed by atoms with E-state index in [0.717, 1.165) is 37.6 Å². The molecule has 2 aromatic rings. The maximum Gasteiger partial charge on any atom is 0.238 e. The Morgan fingerprint density at radius 3 is 2.60 bits per heavy atom. The average molecular weight is 341 g/mol. The lowest BCUT2D eigenvalue weighted by molar-refractivity contribution is -0.117. The van der Waals surface area contributed by atoms with Gasteiger partial charge in [-0.3, -0.25) is 9.69 Å². The maximum absolute atomic E-state index is 12.2. The third-order valence-electron chi connectivity index (χ3n) is 4.32. The van der Waals surface area contributed by atoms with E-state index in [1.807, 2.05) is 36.4 Å². The Morgan fingerprint density at radius 1 is 1.12 bits per heavy atom. The van der Waals surface area contributed by atoms with Crippen LogP contribution >= 0.6 is 0 Å². The summed E-state index contributed by atoms with van der Waals surface area (Å²) in [4.78, 5) is 16.5. The first kappa shape index (κ1) is 17.1. The Balaban J connectivity index is 1.50. The minimum atomic E-state index is -0.0377. The molecule has 25 heavy (non-hydrogen) atoms. The van der Waals surface area contributed by atoms with E-state index in [1.54, 1.807) is 19.2 Å². The topological polar surface area (TPSA) is 65.0 Å². The Kier molecular flexibility index (Phi) is 5.40. The van der Waals surface area contributed by atoms with Crippen molar-refractivity contribution >= 4 is 17.3 Å². The zero-order valence-electron chi connectivity index (χ0n) is 14.3. The van der Waals surface area contributed by atoms with E-state index < -0.39 is 0 Å². The number of hydrogen-bond donors (Lipinski definition) is 2. The molecule has 0 atom stereocenters. The number of phenolic OH excluding ortho intramolecular Hbond substituents is 1. The van der Waals surface area contributed by atoms with Crippen LogP contribution in [0, 0.1) is 0 Å². The largest absolute Gasteiger partial charge is 0.506 e. The minimum Gasteiger partial charge on any atom is -0.506 e. The lowest BCUT2D eigenvalue weighted by Crippen LogP contribution is -2.48. The molecular weight excluding hydrogens is 318 g/mol. The summed E-state index contributed by atoms with van der Waals surface area (Å²) >= 11 is 0. The molecule has 6 nitrogen and oxygen atoms in total. The maximum atomic E-state index is 12.2. The van der Waals surface area contributed by atoms with Gasteiger partial charge < -0.3 is 20.1 Å². The molecule has 2 N–H and O–H groups in total. The van der Waals surface area contributed by atoms with Crippen molar-refractivity contribution in [1.29, 1.82) is 0 Å². The monoisotopic (exact) mass is 341 g/mol. The smallest absolute Gasteiger partial charge is 0.238 e. The Labute approximate surface area is 147 Å². The number of carbonyl (C=O) groups is 1. The summed E-state index contributed by atoms with van der Waals surface area (Å²) in [5.41, 5.74) is 1.58. The van der Waals surface area contributed by atoms with Crippen LogP contribution in [0.1, 0.15) is 0 Å². The second-order valence-electron chi connectivity index (χ2n) is 6.03. The van der Waals surface area contributed by atoms with Gasteiger partial charge in [0.1, 0.15) is 11.5 Å². The van der Waals surface area contributed by atoms with E-state index in [-0.39, 0.29) is 5.91 Å². The fourth-order valence-electron chi connectivity index (χ4n) is 2.98. The number of phenols is 1. The predicted octanol–water partition coefficient (Wildman–Crippen LogP) is 2.16. The molecule has 0 bridgehead atoms. The van der Waals surface area contributed by atoms with Gasteiger partial charge in [0, 0.05) is 37.9 Å². The van der Waals surface area contributed by atoms with Crippen molar-refractivity contribution < 1.29 is 14.6 Å². The van der Waals surface area contributed by atoms with Crippen LogP contribution in [0.3, 0.4) is 0 Å². The lowest BCUT2D eigenvalue weighted by Gasteiger charge is -2.35. The highest BCUT2D eigenvalue weighted by molar-refractivity contribution is 5.92. The average Bonchev–Trinajstić information content (AvgIpc) is 2.63. The number of aromatic hydroxyl groups is 1. The third-order valence-corrected chi connectivity index (χ3v) is 4.32. The molecule has 0 saturated carbocycles. The molecule has 0 unspecified atom stereocenters. The van der Waals surface area contributed by atoms with Gasteiger partial charge in [0.2, 0.25) is 5.91 Å². The van der Waals surface area contributed by atoms with Crippen molar-refractivity contribution in [3.63, 3.8) is 0 Å². The first-order valence-electron chi connectivity index (χ1n) is 8.35. The normalized spacial score (nSPS) is 15.0. The zero-order chi connectivity index (χ0) is 17.6. The molecule has 132 valence electrons. The van der Waals surface area contributed by atoms with Crippen molar-refractivity contribution in [1.82, 2.24) is 4.90 Å². The molecule has 1 aliphatic rings. The zero-order valence-corrected chi connectivity index (χ0v) is 14.3. The van der Waals surface area contributed by atoms with Crippen LogP contribution in [0.15, 0.2) is 48.5 Å². The number of rotatable bonds is 5. The van der Waals surface area contributed by atoms with E-state index in [2.05, 4.69) is 15.1 Å². The van der Waals surface area contributed by atoms with Crippen LogP contribution in [0.2, 0.25) is 0 Å². The Hall–Kier alpha value is -2.73. The van der Waals surface area contributed by atoms with Gasteiger partial charge in [-0.25, -0.2) is 0 Å². The SMILES string of the molecule is COc1cccc(NC(=O)CN2CCN(c3ccccc3O)CC2)c1. The van der Waals surface area contributed by atoms with Gasteiger partial charge in [-0.05, 0) is 24.3 Å². The van der Waals surface area contributed by atoms with Crippen molar-refractivity contribution in [3.05, 3.63) is 48.5 Å². The lowest BCUT2D eigenvalue weighted by atomic mass is 10.2. The van der Waals surface area contributed by atoms with E-state index in [1.165, 1.54) is 0 Å². The highest BCUT2D eigenvalue weighted by atomic mass is 16.5. The van der Waals surface area contributed by atoms with Gasteiger partial charge in [0.25, 0.3) is 0 Å². The standard InChI is InChI=1S/C19H23N3O3/c1-25-16-6-4-5-15(13-16)20-19(24)14-21-9-11-22(12-10-21)17-7-2-3-8-18(17)23/h2-8,13,23H,9-12,14H2,1H3,(H,20,24). The summed E-state index contributed by atoms with van der Waals surface area (Å²) < 4.78 is 5.16. The number of hydrogen-bond acceptors (Lipinski definition) is 5. The van der Waals surface area contributed by atoms with Crippen LogP contribution < -0.4 is 15.0 Å². The van der Waals surface area contributed by atoms with Gasteiger partial charge in [-0.1, -0.05) is 18.2 Å². The highest BCUT2D eigenvalue weighted by Crippen LogP contribution is 2.27. The van der Waals surface area contributed by atoms with Crippen LogP contribution in [0.5, 0.6) is 11.5 Å². The van der Waals surface area contributed by atoms with Gasteiger partial charge in [-0.2, -0.15) is 0 Å². The molecule has 0 aromatic heterocycles. The number of para-hydroxylation sites is 2. The molecule has 1 saturated heterocycles. The summed E-state index contributed by atoms with van der Waals surface area (Å²) in [5, 5.41) is 12.9. The predicted molar refractivity (Wildman–Crippen MR) is 98.4 cm³/mol. The van der Waals surface area contributed by atoms with E-state index in [9.17, 15) is 9.90 Å². The van der Waals surface area contributed by atoms with Crippen LogP contribution in [-0.2, 0) is 4.79 Å². The summed E-state index contributed by atoms with van der Waals surface area (Å²) in [6.45, 7) is 3.47. The molecular formula is C19H23N3O3. The number of nitrogens with zero attached hydrogens (tertiary/aromatic N) is 2. The molecule has 0 aliphatic carbocycles. The number of amides is 1. The first-order chi connectivity index (χ1) is 12.2. The van der Waals surface area contributed by atoms with E-state index in [0.29, 0.717) is 18.0 Å². The molecule has 1 amide bonds. The number of benzene rings is 2. The van der Waals surface area contributed by atoms with Crippen molar-refractivity contribution in [3.8, 4) is 11.5 Å². The number of ether oxygens (including phenoxy) is 1. The van der Waals surface area contributed by atoms with Crippen LogP contribution in [0.4, 0.5) is 11.4 Å². The molecule has 6 heteroatoms. The Bertz CT molecular complexity index is 727. The van der Waals surface area contributed by atoms with Gasteiger partial charge in [0.15, 0.2) is 0 Å². The summed E-state index contributed by atoms with van der Waals surface area (Å²) in [6.07, 6.45) is 0. The summed E-state index contributed by atoms with van der Waals surface area (Å²) in [7, 11) is 1.60. The number of nitrogens with one attached hydrogen (secondary N) is 1. The number of anilines is 2. The second kappa shape index (κ2) is 7.90. The number of methoxy groups -OCH3 is 1.